The minimum absolute atomic E-state index is 0.223. The highest BCUT2D eigenvalue weighted by molar-refractivity contribution is 5.65. The van der Waals surface area contributed by atoms with Gasteiger partial charge >= 0.3 is 6.16 Å². The number of aromatic nitrogens is 3. The van der Waals surface area contributed by atoms with Crippen LogP contribution in [0.4, 0.5) is 10.6 Å². The Morgan fingerprint density at radius 3 is 2.55 bits per heavy atom. The van der Waals surface area contributed by atoms with Crippen molar-refractivity contribution in [2.24, 2.45) is 17.8 Å². The van der Waals surface area contributed by atoms with Crippen molar-refractivity contribution in [1.82, 2.24) is 14.6 Å². The van der Waals surface area contributed by atoms with Gasteiger partial charge in [0.2, 0.25) is 0 Å². The third-order valence-corrected chi connectivity index (χ3v) is 8.30. The molecular formula is C23H30N4O6. The molecule has 5 fully saturated rings. The molecule has 4 N–H and O–H groups in total. The first kappa shape index (κ1) is 21.1. The van der Waals surface area contributed by atoms with E-state index in [4.69, 9.17) is 19.9 Å². The molecule has 5 aliphatic rings. The lowest BCUT2D eigenvalue weighted by molar-refractivity contribution is -0.148. The average Bonchev–Trinajstić information content (AvgIpc) is 3.28. The van der Waals surface area contributed by atoms with E-state index in [-0.39, 0.29) is 6.61 Å². The smallest absolute Gasteiger partial charge is 0.431 e. The standard InChI is InChI=1S/C23H30N4O6/c1-22(17-3-2-15-20(24)25-11-26-27(15)17)19(29)18(28)16(32-22)10-31-21(30)33-23-7-12-4-13(8-23)6-14(5-12)9-23/h2-3,11-14,16,18-19,28-29H,4-10H2,1H3,(H2,24,25,26)/t12?,13?,14?,16-,18-,19-,22+,23?/m1/s1. The minimum Gasteiger partial charge on any atom is -0.431 e. The van der Waals surface area contributed by atoms with Gasteiger partial charge in [-0.3, -0.25) is 0 Å². The van der Waals surface area contributed by atoms with E-state index in [1.807, 2.05) is 0 Å². The number of hydrogen-bond donors (Lipinski definition) is 3. The van der Waals surface area contributed by atoms with Gasteiger partial charge < -0.3 is 30.2 Å². The summed E-state index contributed by atoms with van der Waals surface area (Å²) in [5, 5.41) is 25.7. The molecule has 2 aromatic rings. The molecule has 0 spiro atoms. The predicted molar refractivity (Wildman–Crippen MR) is 115 cm³/mol. The fourth-order valence-corrected chi connectivity index (χ4v) is 7.17. The van der Waals surface area contributed by atoms with E-state index < -0.39 is 35.7 Å². The van der Waals surface area contributed by atoms with E-state index in [1.165, 1.54) is 30.1 Å². The molecule has 0 radical (unpaired) electrons. The van der Waals surface area contributed by atoms with Gasteiger partial charge in [-0.1, -0.05) is 0 Å². The van der Waals surface area contributed by atoms with Crippen LogP contribution in [0.5, 0.6) is 0 Å². The van der Waals surface area contributed by atoms with Crippen LogP contribution in [-0.2, 0) is 19.8 Å². The monoisotopic (exact) mass is 458 g/mol. The molecule has 1 aliphatic heterocycles. The zero-order chi connectivity index (χ0) is 23.0. The quantitative estimate of drug-likeness (QED) is 0.584. The highest BCUT2D eigenvalue weighted by Crippen LogP contribution is 2.57. The number of carbonyl (C=O) groups is 1. The Bertz CT molecular complexity index is 1050. The summed E-state index contributed by atoms with van der Waals surface area (Å²) in [4.78, 5) is 16.6. The summed E-state index contributed by atoms with van der Waals surface area (Å²) in [5.41, 5.74) is 5.30. The van der Waals surface area contributed by atoms with Gasteiger partial charge in [-0.05, 0) is 75.3 Å². The van der Waals surface area contributed by atoms with Gasteiger partial charge in [0.05, 0.1) is 5.69 Å². The van der Waals surface area contributed by atoms with Crippen molar-refractivity contribution in [3.63, 3.8) is 0 Å². The first-order valence-electron chi connectivity index (χ1n) is 11.7. The Labute approximate surface area is 191 Å². The van der Waals surface area contributed by atoms with Gasteiger partial charge in [0.15, 0.2) is 5.82 Å². The molecule has 0 unspecified atom stereocenters. The molecular weight excluding hydrogens is 428 g/mol. The molecule has 7 rings (SSSR count). The number of aliphatic hydroxyl groups is 2. The maximum Gasteiger partial charge on any atom is 0.508 e. The van der Waals surface area contributed by atoms with Gasteiger partial charge in [-0.2, -0.15) is 5.10 Å². The number of anilines is 1. The van der Waals surface area contributed by atoms with Crippen molar-refractivity contribution < 1.29 is 29.2 Å². The topological polar surface area (TPSA) is 141 Å². The zero-order valence-corrected chi connectivity index (χ0v) is 18.6. The number of carbonyl (C=O) groups excluding carboxylic acids is 1. The molecule has 3 heterocycles. The number of nitrogen functional groups attached to an aromatic ring is 1. The molecule has 1 saturated heterocycles. The summed E-state index contributed by atoms with van der Waals surface area (Å²) in [6, 6.07) is 3.45. The Hall–Kier alpha value is -2.43. The van der Waals surface area contributed by atoms with Crippen LogP contribution in [0.25, 0.3) is 5.52 Å². The first-order chi connectivity index (χ1) is 15.8. The van der Waals surface area contributed by atoms with Crippen molar-refractivity contribution in [2.75, 3.05) is 12.3 Å². The van der Waals surface area contributed by atoms with Crippen molar-refractivity contribution >= 4 is 17.5 Å². The predicted octanol–water partition coefficient (Wildman–Crippen LogP) is 1.77. The zero-order valence-electron chi connectivity index (χ0n) is 18.6. The Morgan fingerprint density at radius 1 is 1.21 bits per heavy atom. The minimum atomic E-state index is -1.29. The molecule has 2 aromatic heterocycles. The number of aliphatic hydroxyl groups excluding tert-OH is 2. The normalized spacial score (nSPS) is 41.5. The van der Waals surface area contributed by atoms with Crippen LogP contribution in [0.1, 0.15) is 51.1 Å². The second-order valence-corrected chi connectivity index (χ2v) is 10.6. The van der Waals surface area contributed by atoms with Crippen LogP contribution in [0, 0.1) is 17.8 Å². The molecule has 0 aromatic carbocycles. The lowest BCUT2D eigenvalue weighted by Crippen LogP contribution is -2.52. The van der Waals surface area contributed by atoms with Crippen molar-refractivity contribution in [1.29, 1.82) is 0 Å². The van der Waals surface area contributed by atoms with Gasteiger partial charge in [0, 0.05) is 0 Å². The molecule has 33 heavy (non-hydrogen) atoms. The first-order valence-corrected chi connectivity index (χ1v) is 11.7. The molecule has 4 atom stereocenters. The average molecular weight is 459 g/mol. The lowest BCUT2D eigenvalue weighted by Gasteiger charge is -2.55. The van der Waals surface area contributed by atoms with Crippen LogP contribution < -0.4 is 5.73 Å². The SMILES string of the molecule is C[C@@]1(c2ccc3c(N)ncnn23)O[C@H](COC(=O)OC23CC4CC(CC(C4)C2)C3)[C@@H](O)[C@H]1O. The highest BCUT2D eigenvalue weighted by Gasteiger charge is 2.55. The number of rotatable bonds is 4. The number of fused-ring (bicyclic) bond motifs is 1. The van der Waals surface area contributed by atoms with E-state index in [0.29, 0.717) is 34.8 Å². The van der Waals surface area contributed by atoms with Crippen molar-refractivity contribution in [2.45, 2.75) is 75.0 Å². The van der Waals surface area contributed by atoms with Crippen LogP contribution in [0.15, 0.2) is 18.5 Å². The van der Waals surface area contributed by atoms with Gasteiger partial charge in [-0.25, -0.2) is 14.3 Å². The molecule has 0 amide bonds. The molecule has 4 bridgehead atoms. The molecule has 178 valence electrons. The lowest BCUT2D eigenvalue weighted by atomic mass is 9.54. The largest absolute Gasteiger partial charge is 0.508 e. The summed E-state index contributed by atoms with van der Waals surface area (Å²) in [6.07, 6.45) is 3.64. The van der Waals surface area contributed by atoms with E-state index in [1.54, 1.807) is 19.1 Å². The number of hydrogen-bond acceptors (Lipinski definition) is 9. The maximum atomic E-state index is 12.6. The van der Waals surface area contributed by atoms with Crippen LogP contribution in [-0.4, -0.2) is 61.5 Å². The molecule has 10 heteroatoms. The van der Waals surface area contributed by atoms with E-state index in [0.717, 1.165) is 19.3 Å². The highest BCUT2D eigenvalue weighted by atomic mass is 16.7. The fourth-order valence-electron chi connectivity index (χ4n) is 7.17. The summed E-state index contributed by atoms with van der Waals surface area (Å²) in [5.74, 6) is 2.24. The fraction of sp³-hybridized carbons (Fsp3) is 0.696. The van der Waals surface area contributed by atoms with E-state index in [2.05, 4.69) is 10.1 Å². The summed E-state index contributed by atoms with van der Waals surface area (Å²) < 4.78 is 18.8. The van der Waals surface area contributed by atoms with Crippen LogP contribution in [0.2, 0.25) is 0 Å². The number of nitrogens with two attached hydrogens (primary N) is 1. The van der Waals surface area contributed by atoms with Crippen molar-refractivity contribution in [3.05, 3.63) is 24.2 Å². The van der Waals surface area contributed by atoms with Crippen LogP contribution in [0.3, 0.4) is 0 Å². The van der Waals surface area contributed by atoms with Gasteiger partial charge in [-0.15, -0.1) is 0 Å². The number of ether oxygens (including phenoxy) is 3. The van der Waals surface area contributed by atoms with Gasteiger partial charge in [0.1, 0.15) is 48.0 Å². The molecule has 10 nitrogen and oxygen atoms in total. The van der Waals surface area contributed by atoms with Crippen molar-refractivity contribution in [3.8, 4) is 0 Å². The second kappa shape index (κ2) is 7.28. The van der Waals surface area contributed by atoms with Gasteiger partial charge in [0.25, 0.3) is 0 Å². The Kier molecular flexibility index (Phi) is 4.66. The third-order valence-electron chi connectivity index (χ3n) is 8.30. The second-order valence-electron chi connectivity index (χ2n) is 10.6. The number of nitrogens with zero attached hydrogens (tertiary/aromatic N) is 3. The summed E-state index contributed by atoms with van der Waals surface area (Å²) in [7, 11) is 0. The Morgan fingerprint density at radius 2 is 1.88 bits per heavy atom. The Balaban J connectivity index is 1.13. The van der Waals surface area contributed by atoms with E-state index >= 15 is 0 Å². The summed E-state index contributed by atoms with van der Waals surface area (Å²) >= 11 is 0. The molecule has 4 aliphatic carbocycles. The van der Waals surface area contributed by atoms with E-state index in [9.17, 15) is 15.0 Å². The van der Waals surface area contributed by atoms with Crippen LogP contribution >= 0.6 is 0 Å². The maximum absolute atomic E-state index is 12.6. The summed E-state index contributed by atoms with van der Waals surface area (Å²) in [6.45, 7) is 1.44. The molecule has 4 saturated carbocycles. The third kappa shape index (κ3) is 3.30.